The molecular weight excluding hydrogens is 364 g/mol. The summed E-state index contributed by atoms with van der Waals surface area (Å²) in [5, 5.41) is 4.82. The second-order valence-corrected chi connectivity index (χ2v) is 8.71. The molecule has 0 unspecified atom stereocenters. The Bertz CT molecular complexity index is 956. The molecule has 0 saturated carbocycles. The average molecular weight is 385 g/mol. The summed E-state index contributed by atoms with van der Waals surface area (Å²) in [4.78, 5) is 24.7. The third-order valence-electron chi connectivity index (χ3n) is 4.64. The van der Waals surface area contributed by atoms with Crippen molar-refractivity contribution in [3.63, 3.8) is 0 Å². The molecular formula is C19H20N4OS2. The molecule has 3 aromatic heterocycles. The summed E-state index contributed by atoms with van der Waals surface area (Å²) in [6.07, 6.45) is 5.85. The molecule has 4 heterocycles. The maximum absolute atomic E-state index is 12.0. The van der Waals surface area contributed by atoms with Gasteiger partial charge in [0.05, 0.1) is 10.9 Å². The second-order valence-electron chi connectivity index (χ2n) is 6.58. The molecule has 0 bridgehead atoms. The predicted molar refractivity (Wildman–Crippen MR) is 109 cm³/mol. The van der Waals surface area contributed by atoms with Crippen LogP contribution in [0.4, 0.5) is 5.00 Å². The molecule has 1 aliphatic heterocycles. The molecule has 4 rings (SSSR count). The van der Waals surface area contributed by atoms with Crippen LogP contribution in [0.3, 0.4) is 0 Å². The van der Waals surface area contributed by atoms with Gasteiger partial charge in [-0.3, -0.25) is 14.7 Å². The molecule has 0 fully saturated rings. The highest BCUT2D eigenvalue weighted by Crippen LogP contribution is 2.45. The highest BCUT2D eigenvalue weighted by molar-refractivity contribution is 7.22. The van der Waals surface area contributed by atoms with Crippen molar-refractivity contribution >= 4 is 43.8 Å². The number of fused-ring (bicyclic) bond motifs is 2. The number of hydrogen-bond donors (Lipinski definition) is 1. The lowest BCUT2D eigenvalue weighted by molar-refractivity contribution is -0.111. The van der Waals surface area contributed by atoms with Gasteiger partial charge in [0.1, 0.15) is 15.5 Å². The Kier molecular flexibility index (Phi) is 4.60. The Balaban J connectivity index is 1.83. The zero-order valence-electron chi connectivity index (χ0n) is 14.8. The number of aromatic nitrogens is 2. The molecule has 1 aliphatic rings. The van der Waals surface area contributed by atoms with E-state index in [2.05, 4.69) is 35.6 Å². The zero-order valence-corrected chi connectivity index (χ0v) is 16.4. The third kappa shape index (κ3) is 3.06. The van der Waals surface area contributed by atoms with Crippen LogP contribution in [-0.4, -0.2) is 33.4 Å². The lowest BCUT2D eigenvalue weighted by Gasteiger charge is -2.30. The molecule has 0 aromatic carbocycles. The van der Waals surface area contributed by atoms with Gasteiger partial charge in [-0.25, -0.2) is 4.98 Å². The molecule has 0 aliphatic carbocycles. The van der Waals surface area contributed by atoms with Gasteiger partial charge in [-0.05, 0) is 38.0 Å². The Morgan fingerprint density at radius 3 is 3.00 bits per heavy atom. The highest BCUT2D eigenvalue weighted by atomic mass is 32.1. The van der Waals surface area contributed by atoms with Crippen LogP contribution in [0, 0.1) is 0 Å². The minimum atomic E-state index is -0.187. The average Bonchev–Trinajstić information content (AvgIpc) is 3.20. The maximum Gasteiger partial charge on any atom is 0.248 e. The number of rotatable bonds is 4. The van der Waals surface area contributed by atoms with E-state index in [1.165, 1.54) is 16.5 Å². The van der Waals surface area contributed by atoms with Crippen LogP contribution in [0.25, 0.3) is 20.8 Å². The van der Waals surface area contributed by atoms with Crippen molar-refractivity contribution < 1.29 is 4.79 Å². The van der Waals surface area contributed by atoms with Crippen LogP contribution in [0.5, 0.6) is 0 Å². The maximum atomic E-state index is 12.0. The minimum absolute atomic E-state index is 0.187. The van der Waals surface area contributed by atoms with Crippen molar-refractivity contribution in [3.05, 3.63) is 41.6 Å². The van der Waals surface area contributed by atoms with E-state index < -0.39 is 0 Å². The normalized spacial score (nSPS) is 14.6. The van der Waals surface area contributed by atoms with Crippen molar-refractivity contribution in [1.82, 2.24) is 14.9 Å². The predicted octanol–water partition coefficient (Wildman–Crippen LogP) is 4.31. The topological polar surface area (TPSA) is 58.1 Å². The number of thiophene rings is 1. The van der Waals surface area contributed by atoms with Gasteiger partial charge in [0.15, 0.2) is 0 Å². The molecule has 7 heteroatoms. The fourth-order valence-corrected chi connectivity index (χ4v) is 5.58. The molecule has 0 saturated heterocycles. The zero-order chi connectivity index (χ0) is 18.3. The molecule has 3 aromatic rings. The molecule has 1 N–H and O–H groups in total. The quantitative estimate of drug-likeness (QED) is 0.681. The summed E-state index contributed by atoms with van der Waals surface area (Å²) in [7, 11) is 0. The SMILES string of the molecule is C=CC(=O)Nc1sc2c(c1-c1nc3cnccc3s1)CCN(C(C)C)C2. The van der Waals surface area contributed by atoms with E-state index in [1.54, 1.807) is 35.1 Å². The largest absolute Gasteiger partial charge is 0.314 e. The van der Waals surface area contributed by atoms with Crippen molar-refractivity contribution in [2.24, 2.45) is 0 Å². The lowest BCUT2D eigenvalue weighted by atomic mass is 10.0. The number of pyridine rings is 1. The Hall–Kier alpha value is -2.09. The van der Waals surface area contributed by atoms with Crippen LogP contribution < -0.4 is 5.32 Å². The number of nitrogens with one attached hydrogen (secondary N) is 1. The van der Waals surface area contributed by atoms with E-state index >= 15 is 0 Å². The molecule has 1 amide bonds. The molecule has 0 atom stereocenters. The Morgan fingerprint density at radius 2 is 2.27 bits per heavy atom. The summed E-state index contributed by atoms with van der Waals surface area (Å²) in [6, 6.07) is 2.49. The summed E-state index contributed by atoms with van der Waals surface area (Å²) < 4.78 is 1.11. The first-order valence-corrected chi connectivity index (χ1v) is 10.2. The first-order valence-electron chi connectivity index (χ1n) is 8.59. The second kappa shape index (κ2) is 6.90. The Morgan fingerprint density at radius 1 is 1.42 bits per heavy atom. The number of thiazole rings is 1. The van der Waals surface area contributed by atoms with Crippen LogP contribution >= 0.6 is 22.7 Å². The number of amides is 1. The number of nitrogens with zero attached hydrogens (tertiary/aromatic N) is 3. The van der Waals surface area contributed by atoms with E-state index in [0.29, 0.717) is 6.04 Å². The minimum Gasteiger partial charge on any atom is -0.314 e. The van der Waals surface area contributed by atoms with E-state index in [9.17, 15) is 4.79 Å². The fraction of sp³-hybridized carbons (Fsp3) is 0.316. The van der Waals surface area contributed by atoms with Gasteiger partial charge >= 0.3 is 0 Å². The number of carbonyl (C=O) groups is 1. The standard InChI is InChI=1S/C19H20N4OS2/c1-4-16(24)22-19-17(18-21-13-9-20-7-5-14(13)25-18)12-6-8-23(11(2)3)10-15(12)26-19/h4-5,7,9,11H,1,6,8,10H2,2-3H3,(H,22,24). The molecule has 0 radical (unpaired) electrons. The first kappa shape index (κ1) is 17.3. The van der Waals surface area contributed by atoms with Gasteiger partial charge in [-0.2, -0.15) is 0 Å². The van der Waals surface area contributed by atoms with E-state index in [1.807, 2.05) is 6.07 Å². The first-order chi connectivity index (χ1) is 12.6. The van der Waals surface area contributed by atoms with Gasteiger partial charge in [0.25, 0.3) is 0 Å². The van der Waals surface area contributed by atoms with Crippen molar-refractivity contribution in [1.29, 1.82) is 0 Å². The summed E-state index contributed by atoms with van der Waals surface area (Å²) in [5.41, 5.74) is 3.29. The van der Waals surface area contributed by atoms with Crippen LogP contribution in [0.1, 0.15) is 24.3 Å². The molecule has 0 spiro atoms. The van der Waals surface area contributed by atoms with E-state index in [0.717, 1.165) is 45.3 Å². The molecule has 26 heavy (non-hydrogen) atoms. The highest BCUT2D eigenvalue weighted by Gasteiger charge is 2.28. The number of carbonyl (C=O) groups excluding carboxylic acids is 1. The van der Waals surface area contributed by atoms with Gasteiger partial charge in [-0.1, -0.05) is 6.58 Å². The van der Waals surface area contributed by atoms with Crippen LogP contribution in [-0.2, 0) is 17.8 Å². The van der Waals surface area contributed by atoms with Crippen molar-refractivity contribution in [3.8, 4) is 10.6 Å². The van der Waals surface area contributed by atoms with Crippen molar-refractivity contribution in [2.75, 3.05) is 11.9 Å². The lowest BCUT2D eigenvalue weighted by Crippen LogP contribution is -2.35. The van der Waals surface area contributed by atoms with Gasteiger partial charge in [0, 0.05) is 35.8 Å². The van der Waals surface area contributed by atoms with Gasteiger partial charge in [0.2, 0.25) is 5.91 Å². The van der Waals surface area contributed by atoms with Crippen molar-refractivity contribution in [2.45, 2.75) is 32.9 Å². The van der Waals surface area contributed by atoms with E-state index in [-0.39, 0.29) is 5.91 Å². The summed E-state index contributed by atoms with van der Waals surface area (Å²) in [5.74, 6) is -0.187. The fourth-order valence-electron chi connectivity index (χ4n) is 3.23. The monoisotopic (exact) mass is 384 g/mol. The Labute approximate surface area is 160 Å². The molecule has 5 nitrogen and oxygen atoms in total. The van der Waals surface area contributed by atoms with Gasteiger partial charge in [-0.15, -0.1) is 22.7 Å². The number of hydrogen-bond acceptors (Lipinski definition) is 6. The number of anilines is 1. The molecule has 134 valence electrons. The smallest absolute Gasteiger partial charge is 0.248 e. The summed E-state index contributed by atoms with van der Waals surface area (Å²) in [6.45, 7) is 9.96. The van der Waals surface area contributed by atoms with Crippen LogP contribution in [0.15, 0.2) is 31.1 Å². The van der Waals surface area contributed by atoms with Gasteiger partial charge < -0.3 is 5.32 Å². The summed E-state index contributed by atoms with van der Waals surface area (Å²) >= 11 is 3.31. The van der Waals surface area contributed by atoms with E-state index in [4.69, 9.17) is 4.98 Å². The van der Waals surface area contributed by atoms with Crippen LogP contribution in [0.2, 0.25) is 0 Å². The third-order valence-corrected chi connectivity index (χ3v) is 6.83.